The maximum Gasteiger partial charge on any atom is 0.140 e. The van der Waals surface area contributed by atoms with Gasteiger partial charge in [0.2, 0.25) is 0 Å². The van der Waals surface area contributed by atoms with Crippen LogP contribution in [-0.2, 0) is 4.79 Å². The molecular formula is C14H18O. The number of hydrogen-bond donors (Lipinski definition) is 0. The van der Waals surface area contributed by atoms with Crippen molar-refractivity contribution in [2.75, 3.05) is 0 Å². The second kappa shape index (κ2) is 4.61. The van der Waals surface area contributed by atoms with Crippen LogP contribution in [0.5, 0.6) is 0 Å². The Balaban J connectivity index is 2.16. The zero-order valence-electron chi connectivity index (χ0n) is 9.28. The first kappa shape index (κ1) is 10.4. The summed E-state index contributed by atoms with van der Waals surface area (Å²) in [4.78, 5) is 12.0. The summed E-state index contributed by atoms with van der Waals surface area (Å²) in [6.45, 7) is 2.08. The predicted molar refractivity (Wildman–Crippen MR) is 61.8 cm³/mol. The minimum atomic E-state index is 0.186. The van der Waals surface area contributed by atoms with E-state index < -0.39 is 0 Å². The van der Waals surface area contributed by atoms with Crippen LogP contribution in [0.15, 0.2) is 30.3 Å². The average Bonchev–Trinajstić information content (AvgIpc) is 3.04. The topological polar surface area (TPSA) is 17.1 Å². The zero-order chi connectivity index (χ0) is 10.7. The Labute approximate surface area is 91.5 Å². The van der Waals surface area contributed by atoms with E-state index in [0.29, 0.717) is 11.7 Å². The third kappa shape index (κ3) is 2.47. The van der Waals surface area contributed by atoms with Gasteiger partial charge in [0, 0.05) is 12.3 Å². The SMILES string of the molecule is CCCC(=O)C(c1ccccc1)C1CC1. The monoisotopic (exact) mass is 202 g/mol. The van der Waals surface area contributed by atoms with Crippen molar-refractivity contribution < 1.29 is 4.79 Å². The van der Waals surface area contributed by atoms with Crippen molar-refractivity contribution in [3.63, 3.8) is 0 Å². The third-order valence-corrected chi connectivity index (χ3v) is 3.10. The second-order valence-corrected chi connectivity index (χ2v) is 4.44. The van der Waals surface area contributed by atoms with Gasteiger partial charge in [0.15, 0.2) is 0 Å². The number of rotatable bonds is 5. The molecule has 0 spiro atoms. The number of carbonyl (C=O) groups excluding carboxylic acids is 1. The fraction of sp³-hybridized carbons (Fsp3) is 0.500. The van der Waals surface area contributed by atoms with Gasteiger partial charge in [-0.3, -0.25) is 4.79 Å². The lowest BCUT2D eigenvalue weighted by Crippen LogP contribution is -2.14. The number of carbonyl (C=O) groups is 1. The van der Waals surface area contributed by atoms with E-state index in [9.17, 15) is 4.79 Å². The molecule has 1 unspecified atom stereocenters. The van der Waals surface area contributed by atoms with E-state index >= 15 is 0 Å². The summed E-state index contributed by atoms with van der Waals surface area (Å²) < 4.78 is 0. The number of hydrogen-bond acceptors (Lipinski definition) is 1. The molecule has 0 aromatic heterocycles. The van der Waals surface area contributed by atoms with Crippen LogP contribution in [0.3, 0.4) is 0 Å². The molecule has 1 saturated carbocycles. The van der Waals surface area contributed by atoms with Crippen molar-refractivity contribution in [3.8, 4) is 0 Å². The van der Waals surface area contributed by atoms with Gasteiger partial charge in [0.25, 0.3) is 0 Å². The summed E-state index contributed by atoms with van der Waals surface area (Å²) in [5.74, 6) is 1.25. The minimum Gasteiger partial charge on any atom is -0.299 e. The lowest BCUT2D eigenvalue weighted by molar-refractivity contribution is -0.121. The highest BCUT2D eigenvalue weighted by molar-refractivity contribution is 5.86. The van der Waals surface area contributed by atoms with Crippen LogP contribution in [0.1, 0.15) is 44.1 Å². The molecule has 1 atom stereocenters. The molecular weight excluding hydrogens is 184 g/mol. The molecule has 0 radical (unpaired) electrons. The molecule has 1 heteroatoms. The van der Waals surface area contributed by atoms with Crippen molar-refractivity contribution in [2.45, 2.75) is 38.5 Å². The second-order valence-electron chi connectivity index (χ2n) is 4.44. The normalized spacial score (nSPS) is 17.4. The van der Waals surface area contributed by atoms with E-state index in [-0.39, 0.29) is 5.92 Å². The van der Waals surface area contributed by atoms with Crippen LogP contribution in [0.25, 0.3) is 0 Å². The summed E-state index contributed by atoms with van der Waals surface area (Å²) in [7, 11) is 0. The molecule has 1 aromatic rings. The highest BCUT2D eigenvalue weighted by atomic mass is 16.1. The maximum absolute atomic E-state index is 12.0. The molecule has 0 bridgehead atoms. The molecule has 15 heavy (non-hydrogen) atoms. The molecule has 0 N–H and O–H groups in total. The van der Waals surface area contributed by atoms with Crippen molar-refractivity contribution >= 4 is 5.78 Å². The summed E-state index contributed by atoms with van der Waals surface area (Å²) in [6, 6.07) is 10.3. The zero-order valence-corrected chi connectivity index (χ0v) is 9.28. The van der Waals surface area contributed by atoms with Crippen LogP contribution in [0.4, 0.5) is 0 Å². The van der Waals surface area contributed by atoms with Gasteiger partial charge >= 0.3 is 0 Å². The third-order valence-electron chi connectivity index (χ3n) is 3.10. The fourth-order valence-corrected chi connectivity index (χ4v) is 2.21. The molecule has 0 heterocycles. The number of Topliss-reactive ketones (excluding diaryl/α,β-unsaturated/α-hetero) is 1. The smallest absolute Gasteiger partial charge is 0.140 e. The van der Waals surface area contributed by atoms with E-state index in [4.69, 9.17) is 0 Å². The molecule has 0 amide bonds. The maximum atomic E-state index is 12.0. The van der Waals surface area contributed by atoms with E-state index in [1.54, 1.807) is 0 Å². The van der Waals surface area contributed by atoms with Crippen LogP contribution in [-0.4, -0.2) is 5.78 Å². The van der Waals surface area contributed by atoms with Crippen molar-refractivity contribution in [3.05, 3.63) is 35.9 Å². The molecule has 0 aliphatic heterocycles. The standard InChI is InChI=1S/C14H18O/c1-2-6-13(15)14(12-9-10-12)11-7-4-3-5-8-11/h3-5,7-8,12,14H,2,6,9-10H2,1H3. The molecule has 1 aromatic carbocycles. The summed E-state index contributed by atoms with van der Waals surface area (Å²) in [5.41, 5.74) is 1.22. The van der Waals surface area contributed by atoms with Gasteiger partial charge in [-0.15, -0.1) is 0 Å². The fourth-order valence-electron chi connectivity index (χ4n) is 2.21. The van der Waals surface area contributed by atoms with Crippen molar-refractivity contribution in [2.24, 2.45) is 5.92 Å². The Morgan fingerprint density at radius 1 is 1.33 bits per heavy atom. The van der Waals surface area contributed by atoms with Gasteiger partial charge in [0.1, 0.15) is 5.78 Å². The van der Waals surface area contributed by atoms with Crippen LogP contribution in [0, 0.1) is 5.92 Å². The predicted octanol–water partition coefficient (Wildman–Crippen LogP) is 3.55. The highest BCUT2D eigenvalue weighted by Crippen LogP contribution is 2.43. The Morgan fingerprint density at radius 3 is 2.53 bits per heavy atom. The lowest BCUT2D eigenvalue weighted by atomic mass is 9.88. The molecule has 2 rings (SSSR count). The van der Waals surface area contributed by atoms with Crippen molar-refractivity contribution in [1.29, 1.82) is 0 Å². The first-order valence-corrected chi connectivity index (χ1v) is 5.90. The molecule has 0 saturated heterocycles. The van der Waals surface area contributed by atoms with E-state index in [1.165, 1.54) is 18.4 Å². The minimum absolute atomic E-state index is 0.186. The first-order valence-electron chi connectivity index (χ1n) is 5.90. The summed E-state index contributed by atoms with van der Waals surface area (Å²) >= 11 is 0. The van der Waals surface area contributed by atoms with Gasteiger partial charge in [-0.05, 0) is 30.7 Å². The summed E-state index contributed by atoms with van der Waals surface area (Å²) in [6.07, 6.45) is 4.16. The quantitative estimate of drug-likeness (QED) is 0.713. The van der Waals surface area contributed by atoms with Gasteiger partial charge in [-0.25, -0.2) is 0 Å². The average molecular weight is 202 g/mol. The van der Waals surface area contributed by atoms with Crippen LogP contribution < -0.4 is 0 Å². The highest BCUT2D eigenvalue weighted by Gasteiger charge is 2.36. The molecule has 1 aliphatic carbocycles. The van der Waals surface area contributed by atoms with Gasteiger partial charge < -0.3 is 0 Å². The number of ketones is 1. The van der Waals surface area contributed by atoms with Crippen molar-refractivity contribution in [1.82, 2.24) is 0 Å². The lowest BCUT2D eigenvalue weighted by Gasteiger charge is -2.14. The van der Waals surface area contributed by atoms with E-state index in [1.807, 2.05) is 18.2 Å². The Morgan fingerprint density at radius 2 is 2.00 bits per heavy atom. The summed E-state index contributed by atoms with van der Waals surface area (Å²) in [5, 5.41) is 0. The van der Waals surface area contributed by atoms with Gasteiger partial charge in [-0.2, -0.15) is 0 Å². The van der Waals surface area contributed by atoms with Gasteiger partial charge in [0.05, 0.1) is 0 Å². The molecule has 1 aliphatic rings. The first-order chi connectivity index (χ1) is 7.33. The van der Waals surface area contributed by atoms with E-state index in [2.05, 4.69) is 19.1 Å². The molecule has 1 fully saturated rings. The largest absolute Gasteiger partial charge is 0.299 e. The molecule has 1 nitrogen and oxygen atoms in total. The van der Waals surface area contributed by atoms with Gasteiger partial charge in [-0.1, -0.05) is 37.3 Å². The number of benzene rings is 1. The van der Waals surface area contributed by atoms with Crippen LogP contribution in [0.2, 0.25) is 0 Å². The Bertz CT molecular complexity index is 324. The Kier molecular flexibility index (Phi) is 3.20. The van der Waals surface area contributed by atoms with Crippen LogP contribution >= 0.6 is 0 Å². The molecule has 80 valence electrons. The Hall–Kier alpha value is -1.11. The van der Waals surface area contributed by atoms with E-state index in [0.717, 1.165) is 12.8 Å².